The van der Waals surface area contributed by atoms with Gasteiger partial charge in [0.25, 0.3) is 0 Å². The van der Waals surface area contributed by atoms with Gasteiger partial charge in [0.05, 0.1) is 22.7 Å². The van der Waals surface area contributed by atoms with Crippen LogP contribution in [0, 0.1) is 0 Å². The van der Waals surface area contributed by atoms with Gasteiger partial charge in [-0.05, 0) is 18.4 Å². The molecule has 1 fully saturated rings. The van der Waals surface area contributed by atoms with Crippen molar-refractivity contribution in [1.29, 1.82) is 0 Å². The molecule has 0 radical (unpaired) electrons. The average molecular weight is 344 g/mol. The molecule has 0 bridgehead atoms. The van der Waals surface area contributed by atoms with Gasteiger partial charge in [-0.3, -0.25) is 4.79 Å². The number of nitrogens with zero attached hydrogens (tertiary/aromatic N) is 1. The van der Waals surface area contributed by atoms with Crippen molar-refractivity contribution in [3.8, 4) is 0 Å². The largest absolute Gasteiger partial charge is 0.388 e. The van der Waals surface area contributed by atoms with E-state index in [9.17, 15) is 9.90 Å². The smallest absolute Gasteiger partial charge is 0.226 e. The van der Waals surface area contributed by atoms with Crippen LogP contribution in [0.4, 0.5) is 0 Å². The van der Waals surface area contributed by atoms with Crippen LogP contribution in [-0.4, -0.2) is 28.1 Å². The van der Waals surface area contributed by atoms with Gasteiger partial charge < -0.3 is 10.4 Å². The molecule has 1 aromatic heterocycles. The lowest BCUT2D eigenvalue weighted by Gasteiger charge is -2.32. The van der Waals surface area contributed by atoms with E-state index in [2.05, 4.69) is 22.4 Å². The molecule has 3 rings (SSSR count). The first-order valence-corrected chi connectivity index (χ1v) is 9.47. The highest BCUT2D eigenvalue weighted by Gasteiger charge is 2.29. The zero-order valence-electron chi connectivity index (χ0n) is 13.8. The highest BCUT2D eigenvalue weighted by atomic mass is 32.1. The van der Waals surface area contributed by atoms with Crippen molar-refractivity contribution in [2.24, 2.45) is 0 Å². The number of amides is 1. The summed E-state index contributed by atoms with van der Waals surface area (Å²) in [6, 6.07) is 10.2. The number of thiazole rings is 1. The molecule has 0 saturated heterocycles. The molecule has 1 aromatic carbocycles. The Morgan fingerprint density at radius 1 is 1.21 bits per heavy atom. The lowest BCUT2D eigenvalue weighted by Crippen LogP contribution is -2.44. The lowest BCUT2D eigenvalue weighted by atomic mass is 9.85. The summed E-state index contributed by atoms with van der Waals surface area (Å²) < 4.78 is 0. The van der Waals surface area contributed by atoms with E-state index in [-0.39, 0.29) is 12.3 Å². The fourth-order valence-corrected chi connectivity index (χ4v) is 3.99. The number of hydrogen-bond acceptors (Lipinski definition) is 4. The zero-order valence-corrected chi connectivity index (χ0v) is 14.6. The maximum absolute atomic E-state index is 12.1. The van der Waals surface area contributed by atoms with Crippen LogP contribution in [0.2, 0.25) is 0 Å². The molecule has 2 N–H and O–H groups in total. The van der Waals surface area contributed by atoms with Crippen molar-refractivity contribution in [3.63, 3.8) is 0 Å². The Labute approximate surface area is 146 Å². The highest BCUT2D eigenvalue weighted by Crippen LogP contribution is 2.27. The van der Waals surface area contributed by atoms with Crippen LogP contribution >= 0.6 is 11.3 Å². The van der Waals surface area contributed by atoms with Crippen molar-refractivity contribution in [2.75, 3.05) is 6.54 Å². The van der Waals surface area contributed by atoms with Crippen molar-refractivity contribution >= 4 is 17.2 Å². The number of carbonyl (C=O) groups is 1. The maximum Gasteiger partial charge on any atom is 0.226 e. The third kappa shape index (κ3) is 4.89. The molecule has 0 atom stereocenters. The number of aromatic nitrogens is 1. The molecule has 24 heavy (non-hydrogen) atoms. The van der Waals surface area contributed by atoms with E-state index >= 15 is 0 Å². The molecule has 0 aliphatic heterocycles. The van der Waals surface area contributed by atoms with Gasteiger partial charge in [-0.15, -0.1) is 11.3 Å². The Morgan fingerprint density at radius 2 is 1.96 bits per heavy atom. The van der Waals surface area contributed by atoms with Crippen LogP contribution in [-0.2, 0) is 17.6 Å². The van der Waals surface area contributed by atoms with E-state index in [1.165, 1.54) is 12.0 Å². The summed E-state index contributed by atoms with van der Waals surface area (Å²) in [5.41, 5.74) is 1.32. The van der Waals surface area contributed by atoms with Gasteiger partial charge in [0.2, 0.25) is 5.91 Å². The third-order valence-corrected chi connectivity index (χ3v) is 5.44. The highest BCUT2D eigenvalue weighted by molar-refractivity contribution is 7.09. The normalized spacial score (nSPS) is 16.7. The monoisotopic (exact) mass is 344 g/mol. The molecule has 0 spiro atoms. The van der Waals surface area contributed by atoms with Crippen molar-refractivity contribution in [2.45, 2.75) is 50.5 Å². The van der Waals surface area contributed by atoms with E-state index < -0.39 is 5.60 Å². The molecule has 0 unspecified atom stereocenters. The Hall–Kier alpha value is -1.72. The second kappa shape index (κ2) is 7.90. The van der Waals surface area contributed by atoms with Gasteiger partial charge in [-0.2, -0.15) is 0 Å². The second-order valence-corrected chi connectivity index (χ2v) is 7.58. The molecule has 1 saturated carbocycles. The minimum atomic E-state index is -0.714. The number of aliphatic hydroxyl groups is 1. The van der Waals surface area contributed by atoms with E-state index in [1.54, 1.807) is 11.3 Å². The number of benzene rings is 1. The van der Waals surface area contributed by atoms with Crippen molar-refractivity contribution < 1.29 is 9.90 Å². The Morgan fingerprint density at radius 3 is 2.71 bits per heavy atom. The first-order valence-electron chi connectivity index (χ1n) is 8.59. The minimum Gasteiger partial charge on any atom is -0.388 e. The number of carbonyl (C=O) groups excluding carboxylic acids is 1. The van der Waals surface area contributed by atoms with E-state index in [0.29, 0.717) is 6.54 Å². The third-order valence-electron chi connectivity index (χ3n) is 4.54. The molecule has 128 valence electrons. The number of hydrogen-bond donors (Lipinski definition) is 2. The summed E-state index contributed by atoms with van der Waals surface area (Å²) in [7, 11) is 0. The Balaban J connectivity index is 1.48. The van der Waals surface area contributed by atoms with Crippen LogP contribution < -0.4 is 5.32 Å². The summed E-state index contributed by atoms with van der Waals surface area (Å²) >= 11 is 1.59. The van der Waals surface area contributed by atoms with E-state index in [1.807, 2.05) is 23.6 Å². The van der Waals surface area contributed by atoms with Crippen LogP contribution in [0.5, 0.6) is 0 Å². The number of nitrogens with one attached hydrogen (secondary N) is 1. The fraction of sp³-hybridized carbons (Fsp3) is 0.474. The molecule has 5 heteroatoms. The summed E-state index contributed by atoms with van der Waals surface area (Å²) in [4.78, 5) is 16.7. The lowest BCUT2D eigenvalue weighted by molar-refractivity contribution is -0.122. The summed E-state index contributed by atoms with van der Waals surface area (Å²) in [6.45, 7) is 0.354. The zero-order chi connectivity index (χ0) is 16.8. The SMILES string of the molecule is O=C(Cc1csc(Cc2ccccc2)n1)NCC1(O)CCCCC1. The molecule has 2 aromatic rings. The molecule has 4 nitrogen and oxygen atoms in total. The first kappa shape index (κ1) is 17.1. The van der Waals surface area contributed by atoms with Crippen LogP contribution in [0.15, 0.2) is 35.7 Å². The van der Waals surface area contributed by atoms with Crippen molar-refractivity contribution in [1.82, 2.24) is 10.3 Å². The van der Waals surface area contributed by atoms with Crippen molar-refractivity contribution in [3.05, 3.63) is 52.0 Å². The second-order valence-electron chi connectivity index (χ2n) is 6.63. The maximum atomic E-state index is 12.1. The molecule has 1 amide bonds. The van der Waals surface area contributed by atoms with Gasteiger partial charge in [0, 0.05) is 18.3 Å². The van der Waals surface area contributed by atoms with Gasteiger partial charge in [0.1, 0.15) is 0 Å². The molecular weight excluding hydrogens is 320 g/mol. The van der Waals surface area contributed by atoms with Crippen LogP contribution in [0.25, 0.3) is 0 Å². The molecule has 1 heterocycles. The Kier molecular flexibility index (Phi) is 5.63. The van der Waals surface area contributed by atoms with Gasteiger partial charge >= 0.3 is 0 Å². The van der Waals surface area contributed by atoms with E-state index in [0.717, 1.165) is 42.8 Å². The van der Waals surface area contributed by atoms with Crippen LogP contribution in [0.1, 0.15) is 48.4 Å². The van der Waals surface area contributed by atoms with Crippen LogP contribution in [0.3, 0.4) is 0 Å². The predicted molar refractivity (Wildman–Crippen MR) is 96.1 cm³/mol. The summed E-state index contributed by atoms with van der Waals surface area (Å²) in [5.74, 6) is -0.0643. The molecule has 1 aliphatic rings. The Bertz CT molecular complexity index is 663. The van der Waals surface area contributed by atoms with Gasteiger partial charge in [-0.1, -0.05) is 49.6 Å². The van der Waals surface area contributed by atoms with Gasteiger partial charge in [0.15, 0.2) is 0 Å². The first-order chi connectivity index (χ1) is 11.6. The average Bonchev–Trinajstić information content (AvgIpc) is 3.02. The standard InChI is InChI=1S/C19H24N2O2S/c22-17(20-14-19(23)9-5-2-6-10-19)12-16-13-24-18(21-16)11-15-7-3-1-4-8-15/h1,3-4,7-8,13,23H,2,5-6,9-12,14H2,(H,20,22). The quantitative estimate of drug-likeness (QED) is 0.846. The fourth-order valence-electron chi connectivity index (χ4n) is 3.16. The summed E-state index contributed by atoms with van der Waals surface area (Å²) in [5, 5.41) is 16.3. The van der Waals surface area contributed by atoms with Gasteiger partial charge in [-0.25, -0.2) is 4.98 Å². The summed E-state index contributed by atoms with van der Waals surface area (Å²) in [6.07, 6.45) is 5.91. The topological polar surface area (TPSA) is 62.2 Å². The number of rotatable bonds is 6. The van der Waals surface area contributed by atoms with E-state index in [4.69, 9.17) is 0 Å². The molecular formula is C19H24N2O2S. The minimum absolute atomic E-state index is 0.0643. The molecule has 1 aliphatic carbocycles. The predicted octanol–water partition coefficient (Wildman–Crippen LogP) is 3.09.